The molecule has 0 bridgehead atoms. The number of hydrogen-bond donors (Lipinski definition) is 0. The van der Waals surface area contributed by atoms with E-state index in [0.29, 0.717) is 17.9 Å². The van der Waals surface area contributed by atoms with Crippen LogP contribution >= 0.6 is 0 Å². The van der Waals surface area contributed by atoms with Crippen molar-refractivity contribution >= 4 is 0 Å². The molecule has 0 spiro atoms. The van der Waals surface area contributed by atoms with Gasteiger partial charge in [0.2, 0.25) is 0 Å². The first kappa shape index (κ1) is 13.5. The highest BCUT2D eigenvalue weighted by Crippen LogP contribution is 2.34. The van der Waals surface area contributed by atoms with Crippen molar-refractivity contribution in [3.63, 3.8) is 0 Å². The molecule has 0 aliphatic carbocycles. The predicted molar refractivity (Wildman–Crippen MR) is 68.1 cm³/mol. The van der Waals surface area contributed by atoms with Gasteiger partial charge in [0.1, 0.15) is 0 Å². The number of nitrogens with zero attached hydrogens (tertiary/aromatic N) is 2. The van der Waals surface area contributed by atoms with Gasteiger partial charge in [-0.25, -0.2) is 0 Å². The van der Waals surface area contributed by atoms with Crippen LogP contribution in [0.1, 0.15) is 53.4 Å². The van der Waals surface area contributed by atoms with Crippen LogP contribution in [0.4, 0.5) is 0 Å². The quantitative estimate of drug-likeness (QED) is 0.715. The molecule has 1 rings (SSSR count). The van der Waals surface area contributed by atoms with Crippen molar-refractivity contribution in [1.29, 1.82) is 5.26 Å². The van der Waals surface area contributed by atoms with Crippen molar-refractivity contribution in [2.24, 2.45) is 11.3 Å². The van der Waals surface area contributed by atoms with Gasteiger partial charge in [0.05, 0.1) is 12.5 Å². The first-order valence-electron chi connectivity index (χ1n) is 6.56. The van der Waals surface area contributed by atoms with Crippen molar-refractivity contribution in [3.8, 4) is 6.07 Å². The smallest absolute Gasteiger partial charge is 0.0638 e. The molecular weight excluding hydrogens is 196 g/mol. The normalized spacial score (nSPS) is 25.8. The van der Waals surface area contributed by atoms with E-state index in [9.17, 15) is 0 Å². The first-order chi connectivity index (χ1) is 7.45. The third-order valence-corrected chi connectivity index (χ3v) is 4.00. The second-order valence-corrected chi connectivity index (χ2v) is 6.24. The molecule has 1 aliphatic heterocycles. The summed E-state index contributed by atoms with van der Waals surface area (Å²) in [6, 6.07) is 2.72. The van der Waals surface area contributed by atoms with Crippen LogP contribution in [0.5, 0.6) is 0 Å². The maximum absolute atomic E-state index is 8.74. The topological polar surface area (TPSA) is 27.0 Å². The number of nitriles is 1. The molecule has 1 heterocycles. The van der Waals surface area contributed by atoms with Crippen molar-refractivity contribution < 1.29 is 0 Å². The van der Waals surface area contributed by atoms with Crippen molar-refractivity contribution in [3.05, 3.63) is 0 Å². The molecule has 0 radical (unpaired) electrons. The average Bonchev–Trinajstić information content (AvgIpc) is 2.41. The van der Waals surface area contributed by atoms with E-state index in [1.54, 1.807) is 0 Å². The van der Waals surface area contributed by atoms with E-state index in [4.69, 9.17) is 5.26 Å². The van der Waals surface area contributed by atoms with E-state index in [0.717, 1.165) is 5.92 Å². The molecule has 0 N–H and O–H groups in total. The summed E-state index contributed by atoms with van der Waals surface area (Å²) in [6.07, 6.45) is 4.59. The molecular formula is C14H26N2. The summed E-state index contributed by atoms with van der Waals surface area (Å²) in [6.45, 7) is 11.6. The van der Waals surface area contributed by atoms with Gasteiger partial charge < -0.3 is 0 Å². The molecule has 1 saturated heterocycles. The summed E-state index contributed by atoms with van der Waals surface area (Å²) in [7, 11) is 0. The number of hydrogen-bond acceptors (Lipinski definition) is 2. The van der Waals surface area contributed by atoms with Crippen LogP contribution in [-0.2, 0) is 0 Å². The van der Waals surface area contributed by atoms with Gasteiger partial charge in [-0.1, -0.05) is 20.8 Å². The van der Waals surface area contributed by atoms with Crippen LogP contribution in [0, 0.1) is 22.7 Å². The molecule has 0 aromatic carbocycles. The molecule has 2 unspecified atom stereocenters. The second-order valence-electron chi connectivity index (χ2n) is 6.24. The third-order valence-electron chi connectivity index (χ3n) is 4.00. The Morgan fingerprint density at radius 3 is 2.56 bits per heavy atom. The van der Waals surface area contributed by atoms with Gasteiger partial charge in [-0.3, -0.25) is 4.90 Å². The zero-order valence-corrected chi connectivity index (χ0v) is 11.3. The lowest BCUT2D eigenvalue weighted by molar-refractivity contribution is 0.190. The highest BCUT2D eigenvalue weighted by Gasteiger charge is 2.28. The van der Waals surface area contributed by atoms with E-state index in [1.807, 2.05) is 0 Å². The Morgan fingerprint density at radius 1 is 1.31 bits per heavy atom. The average molecular weight is 222 g/mol. The van der Waals surface area contributed by atoms with Crippen LogP contribution in [0.3, 0.4) is 0 Å². The Hall–Kier alpha value is -0.550. The highest BCUT2D eigenvalue weighted by atomic mass is 15.1. The van der Waals surface area contributed by atoms with Gasteiger partial charge in [0.25, 0.3) is 0 Å². The van der Waals surface area contributed by atoms with Gasteiger partial charge in [-0.2, -0.15) is 5.26 Å². The van der Waals surface area contributed by atoms with Gasteiger partial charge in [0, 0.05) is 6.04 Å². The zero-order chi connectivity index (χ0) is 12.2. The second kappa shape index (κ2) is 5.68. The molecule has 1 fully saturated rings. The minimum atomic E-state index is 0.434. The molecule has 0 aromatic rings. The largest absolute Gasteiger partial charge is 0.300 e. The Kier molecular flexibility index (Phi) is 4.80. The van der Waals surface area contributed by atoms with E-state index < -0.39 is 0 Å². The fraction of sp³-hybridized carbons (Fsp3) is 0.929. The molecule has 16 heavy (non-hydrogen) atoms. The predicted octanol–water partition coefficient (Wildman–Crippen LogP) is 3.44. The summed E-state index contributed by atoms with van der Waals surface area (Å²) in [5.41, 5.74) is 0.439. The summed E-state index contributed by atoms with van der Waals surface area (Å²) >= 11 is 0. The Morgan fingerprint density at radius 2 is 2.00 bits per heavy atom. The fourth-order valence-corrected chi connectivity index (χ4v) is 2.69. The standard InChI is InChI=1S/C14H26N2/c1-12(7-9-15)16-10-5-6-13(8-11-16)14(2,3)4/h12-13H,5-8,10-11H2,1-4H3. The monoisotopic (exact) mass is 222 g/mol. The fourth-order valence-electron chi connectivity index (χ4n) is 2.69. The Labute approximate surface area is 101 Å². The van der Waals surface area contributed by atoms with Crippen LogP contribution < -0.4 is 0 Å². The molecule has 0 aromatic heterocycles. The van der Waals surface area contributed by atoms with E-state index in [1.165, 1.54) is 32.4 Å². The van der Waals surface area contributed by atoms with Crippen LogP contribution in [0.2, 0.25) is 0 Å². The lowest BCUT2D eigenvalue weighted by Crippen LogP contribution is -2.34. The van der Waals surface area contributed by atoms with Gasteiger partial charge in [-0.15, -0.1) is 0 Å². The Balaban J connectivity index is 2.50. The van der Waals surface area contributed by atoms with Crippen LogP contribution in [-0.4, -0.2) is 24.0 Å². The highest BCUT2D eigenvalue weighted by molar-refractivity contribution is 4.84. The number of rotatable bonds is 2. The summed E-state index contributed by atoms with van der Waals surface area (Å²) < 4.78 is 0. The minimum absolute atomic E-state index is 0.434. The maximum Gasteiger partial charge on any atom is 0.0638 e. The number of likely N-dealkylation sites (tertiary alicyclic amines) is 1. The van der Waals surface area contributed by atoms with Gasteiger partial charge >= 0.3 is 0 Å². The van der Waals surface area contributed by atoms with E-state index >= 15 is 0 Å². The summed E-state index contributed by atoms with van der Waals surface area (Å²) in [5.74, 6) is 0.840. The minimum Gasteiger partial charge on any atom is -0.300 e. The summed E-state index contributed by atoms with van der Waals surface area (Å²) in [5, 5.41) is 8.74. The molecule has 0 saturated carbocycles. The van der Waals surface area contributed by atoms with Gasteiger partial charge in [0.15, 0.2) is 0 Å². The van der Waals surface area contributed by atoms with Crippen molar-refractivity contribution in [1.82, 2.24) is 4.90 Å². The SMILES string of the molecule is CC(CC#N)N1CCCC(C(C)(C)C)CC1. The molecule has 2 heteroatoms. The molecule has 0 amide bonds. The maximum atomic E-state index is 8.74. The third kappa shape index (κ3) is 3.79. The van der Waals surface area contributed by atoms with Crippen molar-refractivity contribution in [2.75, 3.05) is 13.1 Å². The molecule has 2 nitrogen and oxygen atoms in total. The van der Waals surface area contributed by atoms with Crippen LogP contribution in [0.15, 0.2) is 0 Å². The molecule has 92 valence electrons. The Bertz CT molecular complexity index is 246. The van der Waals surface area contributed by atoms with E-state index in [-0.39, 0.29) is 0 Å². The van der Waals surface area contributed by atoms with Gasteiger partial charge in [-0.05, 0) is 50.6 Å². The first-order valence-corrected chi connectivity index (χ1v) is 6.56. The van der Waals surface area contributed by atoms with E-state index in [2.05, 4.69) is 38.7 Å². The lowest BCUT2D eigenvalue weighted by atomic mass is 9.77. The van der Waals surface area contributed by atoms with Crippen molar-refractivity contribution in [2.45, 2.75) is 59.4 Å². The summed E-state index contributed by atoms with van der Waals surface area (Å²) in [4.78, 5) is 2.50. The lowest BCUT2D eigenvalue weighted by Gasteiger charge is -2.30. The molecule has 1 aliphatic rings. The molecule has 2 atom stereocenters. The zero-order valence-electron chi connectivity index (χ0n) is 11.3. The van der Waals surface area contributed by atoms with Crippen LogP contribution in [0.25, 0.3) is 0 Å².